The van der Waals surface area contributed by atoms with Gasteiger partial charge >= 0.3 is 0 Å². The largest absolute Gasteiger partial charge is 0.342 e. The molecule has 1 saturated carbocycles. The van der Waals surface area contributed by atoms with Crippen LogP contribution in [0.1, 0.15) is 35.2 Å². The lowest BCUT2D eigenvalue weighted by Gasteiger charge is -2.17. The van der Waals surface area contributed by atoms with Crippen molar-refractivity contribution in [3.05, 3.63) is 35.4 Å². The molecule has 0 unspecified atom stereocenters. The predicted molar refractivity (Wildman–Crippen MR) is 68.6 cm³/mol. The molecule has 1 aromatic carbocycles. The van der Waals surface area contributed by atoms with Crippen LogP contribution < -0.4 is 5.73 Å². The maximum Gasteiger partial charge on any atom is 0.253 e. The van der Waals surface area contributed by atoms with Crippen LogP contribution in [0.2, 0.25) is 0 Å². The monoisotopic (exact) mass is 232 g/mol. The first-order valence-corrected chi connectivity index (χ1v) is 6.25. The van der Waals surface area contributed by atoms with Crippen molar-refractivity contribution in [1.82, 2.24) is 4.90 Å². The number of benzene rings is 1. The zero-order valence-corrected chi connectivity index (χ0v) is 10.4. The van der Waals surface area contributed by atoms with Crippen LogP contribution in [0.3, 0.4) is 0 Å². The molecular weight excluding hydrogens is 212 g/mol. The molecule has 3 nitrogen and oxygen atoms in total. The standard InChI is InChI=1S/C14H20N2O/c1-16(9-8-11-2-3-11)14(17)13-6-4-12(10-15)5-7-13/h4-7,11H,2-3,8-10,15H2,1H3. The van der Waals surface area contributed by atoms with E-state index in [-0.39, 0.29) is 5.91 Å². The average Bonchev–Trinajstić information content (AvgIpc) is 3.19. The molecular formula is C14H20N2O. The fourth-order valence-electron chi connectivity index (χ4n) is 1.89. The summed E-state index contributed by atoms with van der Waals surface area (Å²) >= 11 is 0. The van der Waals surface area contributed by atoms with E-state index in [0.717, 1.165) is 30.0 Å². The molecule has 2 rings (SSSR count). The molecule has 1 aliphatic rings. The highest BCUT2D eigenvalue weighted by Gasteiger charge is 2.22. The van der Waals surface area contributed by atoms with Gasteiger partial charge in [-0.15, -0.1) is 0 Å². The van der Waals surface area contributed by atoms with Gasteiger partial charge in [0.2, 0.25) is 0 Å². The van der Waals surface area contributed by atoms with Gasteiger partial charge in [-0.2, -0.15) is 0 Å². The number of nitrogens with zero attached hydrogens (tertiary/aromatic N) is 1. The molecule has 0 aliphatic heterocycles. The first-order chi connectivity index (χ1) is 8.20. The fourth-order valence-corrected chi connectivity index (χ4v) is 1.89. The van der Waals surface area contributed by atoms with Crippen molar-refractivity contribution in [3.8, 4) is 0 Å². The number of amides is 1. The minimum absolute atomic E-state index is 0.106. The Morgan fingerprint density at radius 1 is 1.35 bits per heavy atom. The van der Waals surface area contributed by atoms with Gasteiger partial charge in [-0.1, -0.05) is 25.0 Å². The van der Waals surface area contributed by atoms with Gasteiger partial charge in [0, 0.05) is 25.7 Å². The van der Waals surface area contributed by atoms with Crippen molar-refractivity contribution in [1.29, 1.82) is 0 Å². The molecule has 0 bridgehead atoms. The molecule has 2 N–H and O–H groups in total. The Bertz CT molecular complexity index is 382. The maximum absolute atomic E-state index is 12.1. The maximum atomic E-state index is 12.1. The number of carbonyl (C=O) groups is 1. The van der Waals surface area contributed by atoms with E-state index in [9.17, 15) is 4.79 Å². The molecule has 1 aromatic rings. The minimum atomic E-state index is 0.106. The van der Waals surface area contributed by atoms with E-state index in [4.69, 9.17) is 5.73 Å². The molecule has 3 heteroatoms. The quantitative estimate of drug-likeness (QED) is 0.844. The summed E-state index contributed by atoms with van der Waals surface area (Å²) < 4.78 is 0. The highest BCUT2D eigenvalue weighted by molar-refractivity contribution is 5.94. The molecule has 0 heterocycles. The Morgan fingerprint density at radius 3 is 2.53 bits per heavy atom. The number of carbonyl (C=O) groups excluding carboxylic acids is 1. The average molecular weight is 232 g/mol. The summed E-state index contributed by atoms with van der Waals surface area (Å²) in [6.45, 7) is 1.38. The Hall–Kier alpha value is -1.35. The van der Waals surface area contributed by atoms with Gasteiger partial charge in [0.1, 0.15) is 0 Å². The van der Waals surface area contributed by atoms with Crippen LogP contribution in [0.4, 0.5) is 0 Å². The second-order valence-corrected chi connectivity index (χ2v) is 4.86. The Morgan fingerprint density at radius 2 is 2.00 bits per heavy atom. The first kappa shape index (κ1) is 12.1. The highest BCUT2D eigenvalue weighted by Crippen LogP contribution is 2.32. The van der Waals surface area contributed by atoms with Gasteiger partial charge in [0.05, 0.1) is 0 Å². The van der Waals surface area contributed by atoms with Gasteiger partial charge < -0.3 is 10.6 Å². The molecule has 0 aromatic heterocycles. The van der Waals surface area contributed by atoms with E-state index in [2.05, 4.69) is 0 Å². The van der Waals surface area contributed by atoms with Crippen LogP contribution in [0.5, 0.6) is 0 Å². The number of rotatable bonds is 5. The van der Waals surface area contributed by atoms with Gasteiger partial charge in [0.15, 0.2) is 0 Å². The Kier molecular flexibility index (Phi) is 3.79. The summed E-state index contributed by atoms with van der Waals surface area (Å²) in [5.74, 6) is 0.971. The van der Waals surface area contributed by atoms with Crippen molar-refractivity contribution in [3.63, 3.8) is 0 Å². The van der Waals surface area contributed by atoms with Crippen molar-refractivity contribution in [2.75, 3.05) is 13.6 Å². The van der Waals surface area contributed by atoms with Crippen LogP contribution in [-0.2, 0) is 6.54 Å². The summed E-state index contributed by atoms with van der Waals surface area (Å²) in [5, 5.41) is 0. The summed E-state index contributed by atoms with van der Waals surface area (Å²) in [6.07, 6.45) is 3.82. The Balaban J connectivity index is 1.91. The zero-order chi connectivity index (χ0) is 12.3. The van der Waals surface area contributed by atoms with Crippen LogP contribution in [0.25, 0.3) is 0 Å². The van der Waals surface area contributed by atoms with Gasteiger partial charge in [-0.05, 0) is 30.0 Å². The topological polar surface area (TPSA) is 46.3 Å². The van der Waals surface area contributed by atoms with Gasteiger partial charge in [0.25, 0.3) is 5.91 Å². The number of hydrogen-bond donors (Lipinski definition) is 1. The molecule has 0 saturated heterocycles. The summed E-state index contributed by atoms with van der Waals surface area (Å²) in [5.41, 5.74) is 7.34. The lowest BCUT2D eigenvalue weighted by Crippen LogP contribution is -2.28. The van der Waals surface area contributed by atoms with Crippen molar-refractivity contribution in [2.24, 2.45) is 11.7 Å². The lowest BCUT2D eigenvalue weighted by atomic mass is 10.1. The smallest absolute Gasteiger partial charge is 0.253 e. The van der Waals surface area contributed by atoms with Crippen molar-refractivity contribution in [2.45, 2.75) is 25.8 Å². The summed E-state index contributed by atoms with van der Waals surface area (Å²) in [4.78, 5) is 13.9. The van der Waals surface area contributed by atoms with E-state index in [0.29, 0.717) is 6.54 Å². The van der Waals surface area contributed by atoms with Crippen LogP contribution in [0.15, 0.2) is 24.3 Å². The van der Waals surface area contributed by atoms with E-state index in [1.165, 1.54) is 12.8 Å². The Labute approximate surface area is 103 Å². The molecule has 0 atom stereocenters. The normalized spacial score (nSPS) is 14.7. The summed E-state index contributed by atoms with van der Waals surface area (Å²) in [7, 11) is 1.88. The number of nitrogens with two attached hydrogens (primary N) is 1. The fraction of sp³-hybridized carbons (Fsp3) is 0.500. The highest BCUT2D eigenvalue weighted by atomic mass is 16.2. The van der Waals surface area contributed by atoms with E-state index < -0.39 is 0 Å². The molecule has 1 aliphatic carbocycles. The van der Waals surface area contributed by atoms with E-state index in [1.807, 2.05) is 36.2 Å². The lowest BCUT2D eigenvalue weighted by molar-refractivity contribution is 0.0791. The number of hydrogen-bond acceptors (Lipinski definition) is 2. The van der Waals surface area contributed by atoms with Gasteiger partial charge in [-0.25, -0.2) is 0 Å². The minimum Gasteiger partial charge on any atom is -0.342 e. The van der Waals surface area contributed by atoms with Crippen LogP contribution >= 0.6 is 0 Å². The van der Waals surface area contributed by atoms with E-state index >= 15 is 0 Å². The van der Waals surface area contributed by atoms with Crippen LogP contribution in [-0.4, -0.2) is 24.4 Å². The molecule has 0 radical (unpaired) electrons. The first-order valence-electron chi connectivity index (χ1n) is 6.25. The zero-order valence-electron chi connectivity index (χ0n) is 10.4. The third-order valence-corrected chi connectivity index (χ3v) is 3.35. The third kappa shape index (κ3) is 3.30. The molecule has 0 spiro atoms. The second-order valence-electron chi connectivity index (χ2n) is 4.86. The second kappa shape index (κ2) is 5.32. The van der Waals surface area contributed by atoms with Crippen molar-refractivity contribution < 1.29 is 4.79 Å². The predicted octanol–water partition coefficient (Wildman–Crippen LogP) is 2.02. The van der Waals surface area contributed by atoms with Gasteiger partial charge in [-0.3, -0.25) is 4.79 Å². The summed E-state index contributed by atoms with van der Waals surface area (Å²) in [6, 6.07) is 7.56. The molecule has 1 amide bonds. The van der Waals surface area contributed by atoms with E-state index in [1.54, 1.807) is 0 Å². The van der Waals surface area contributed by atoms with Crippen molar-refractivity contribution >= 4 is 5.91 Å². The third-order valence-electron chi connectivity index (χ3n) is 3.35. The molecule has 1 fully saturated rings. The molecule has 17 heavy (non-hydrogen) atoms. The molecule has 92 valence electrons. The van der Waals surface area contributed by atoms with Crippen LogP contribution in [0, 0.1) is 5.92 Å². The SMILES string of the molecule is CN(CCC1CC1)C(=O)c1ccc(CN)cc1.